The van der Waals surface area contributed by atoms with E-state index >= 15 is 0 Å². The normalized spacial score (nSPS) is 15.5. The van der Waals surface area contributed by atoms with Crippen LogP contribution in [0.3, 0.4) is 0 Å². The SMILES string of the molecule is COc1cc(NC(=O)C2CCCN2C(=O)c2ccc(-c3noc(C)n3)cc2)cc(OC)c1. The van der Waals surface area contributed by atoms with Crippen LogP contribution in [0.1, 0.15) is 29.1 Å². The average molecular weight is 436 g/mol. The van der Waals surface area contributed by atoms with E-state index in [0.717, 1.165) is 12.0 Å². The number of carbonyl (C=O) groups is 2. The van der Waals surface area contributed by atoms with Crippen molar-refractivity contribution in [1.82, 2.24) is 15.0 Å². The Balaban J connectivity index is 1.48. The molecule has 2 aromatic carbocycles. The van der Waals surface area contributed by atoms with Crippen molar-refractivity contribution in [3.05, 3.63) is 53.9 Å². The first-order valence-electron chi connectivity index (χ1n) is 10.2. The van der Waals surface area contributed by atoms with Gasteiger partial charge in [0, 0.05) is 48.5 Å². The van der Waals surface area contributed by atoms with Crippen molar-refractivity contribution in [2.24, 2.45) is 0 Å². The van der Waals surface area contributed by atoms with E-state index in [2.05, 4.69) is 15.5 Å². The van der Waals surface area contributed by atoms with Gasteiger partial charge in [0.05, 0.1) is 14.2 Å². The number of methoxy groups -OCH3 is 2. The molecule has 9 nitrogen and oxygen atoms in total. The maximum absolute atomic E-state index is 13.1. The average Bonchev–Trinajstić information content (AvgIpc) is 3.48. The van der Waals surface area contributed by atoms with Gasteiger partial charge in [-0.15, -0.1) is 0 Å². The number of likely N-dealkylation sites (tertiary alicyclic amines) is 1. The third kappa shape index (κ3) is 4.41. The molecule has 0 aliphatic carbocycles. The standard InChI is InChI=1S/C23H24N4O5/c1-14-24-21(26-32-14)15-6-8-16(9-7-15)23(29)27-10-4-5-20(27)22(28)25-17-11-18(30-2)13-19(12-17)31-3/h6-9,11-13,20H,4-5,10H2,1-3H3,(H,25,28). The van der Waals surface area contributed by atoms with Crippen molar-refractivity contribution < 1.29 is 23.6 Å². The number of nitrogens with zero attached hydrogens (tertiary/aromatic N) is 3. The fourth-order valence-corrected chi connectivity index (χ4v) is 3.73. The molecule has 0 radical (unpaired) electrons. The maximum Gasteiger partial charge on any atom is 0.254 e. The molecule has 1 aliphatic heterocycles. The molecule has 0 bridgehead atoms. The minimum absolute atomic E-state index is 0.193. The Bertz CT molecular complexity index is 1100. The van der Waals surface area contributed by atoms with Gasteiger partial charge in [-0.2, -0.15) is 4.98 Å². The summed E-state index contributed by atoms with van der Waals surface area (Å²) >= 11 is 0. The number of rotatable bonds is 6. The van der Waals surface area contributed by atoms with E-state index in [-0.39, 0.29) is 11.8 Å². The molecule has 1 aromatic heterocycles. The summed E-state index contributed by atoms with van der Waals surface area (Å²) < 4.78 is 15.5. The highest BCUT2D eigenvalue weighted by Gasteiger charge is 2.34. The molecule has 32 heavy (non-hydrogen) atoms. The molecule has 9 heteroatoms. The Morgan fingerprint density at radius 3 is 2.38 bits per heavy atom. The summed E-state index contributed by atoms with van der Waals surface area (Å²) in [6, 6.07) is 11.5. The highest BCUT2D eigenvalue weighted by Crippen LogP contribution is 2.28. The lowest BCUT2D eigenvalue weighted by Crippen LogP contribution is -2.43. The second-order valence-electron chi connectivity index (χ2n) is 7.46. The molecule has 0 spiro atoms. The Morgan fingerprint density at radius 1 is 1.09 bits per heavy atom. The number of ether oxygens (including phenoxy) is 2. The van der Waals surface area contributed by atoms with Crippen LogP contribution in [0.4, 0.5) is 5.69 Å². The van der Waals surface area contributed by atoms with E-state index in [4.69, 9.17) is 14.0 Å². The Labute approximate surface area is 185 Å². The van der Waals surface area contributed by atoms with Gasteiger partial charge in [0.25, 0.3) is 5.91 Å². The molecule has 2 heterocycles. The molecule has 1 aliphatic rings. The number of anilines is 1. The molecule has 4 rings (SSSR count). The van der Waals surface area contributed by atoms with Crippen LogP contribution in [0, 0.1) is 6.92 Å². The molecule has 1 fully saturated rings. The molecular formula is C23H24N4O5. The summed E-state index contributed by atoms with van der Waals surface area (Å²) in [5, 5.41) is 6.77. The molecule has 1 unspecified atom stereocenters. The maximum atomic E-state index is 13.1. The largest absolute Gasteiger partial charge is 0.497 e. The second kappa shape index (κ2) is 9.09. The number of aryl methyl sites for hydroxylation is 1. The number of hydrogen-bond donors (Lipinski definition) is 1. The summed E-state index contributed by atoms with van der Waals surface area (Å²) in [7, 11) is 3.09. The van der Waals surface area contributed by atoms with Crippen molar-refractivity contribution >= 4 is 17.5 Å². The van der Waals surface area contributed by atoms with Crippen LogP contribution in [0.2, 0.25) is 0 Å². The fraction of sp³-hybridized carbons (Fsp3) is 0.304. The van der Waals surface area contributed by atoms with Crippen LogP contribution >= 0.6 is 0 Å². The van der Waals surface area contributed by atoms with Crippen molar-refractivity contribution in [3.8, 4) is 22.9 Å². The lowest BCUT2D eigenvalue weighted by Gasteiger charge is -2.24. The van der Waals surface area contributed by atoms with Gasteiger partial charge in [0.15, 0.2) is 0 Å². The number of amides is 2. The van der Waals surface area contributed by atoms with Crippen LogP contribution in [-0.4, -0.2) is 53.7 Å². The summed E-state index contributed by atoms with van der Waals surface area (Å²) in [6.45, 7) is 2.23. The number of aromatic nitrogens is 2. The summed E-state index contributed by atoms with van der Waals surface area (Å²) in [4.78, 5) is 31.9. The lowest BCUT2D eigenvalue weighted by atomic mass is 10.1. The molecule has 3 aromatic rings. The van der Waals surface area contributed by atoms with Gasteiger partial charge in [-0.3, -0.25) is 9.59 Å². The minimum Gasteiger partial charge on any atom is -0.497 e. The smallest absolute Gasteiger partial charge is 0.254 e. The summed E-state index contributed by atoms with van der Waals surface area (Å²) in [6.07, 6.45) is 1.35. The van der Waals surface area contributed by atoms with Crippen LogP contribution in [-0.2, 0) is 4.79 Å². The Kier molecular flexibility index (Phi) is 6.07. The molecule has 1 saturated heterocycles. The lowest BCUT2D eigenvalue weighted by molar-refractivity contribution is -0.119. The van der Waals surface area contributed by atoms with Crippen LogP contribution in [0.15, 0.2) is 47.0 Å². The topological polar surface area (TPSA) is 107 Å². The summed E-state index contributed by atoms with van der Waals surface area (Å²) in [5.41, 5.74) is 1.79. The van der Waals surface area contributed by atoms with Crippen LogP contribution in [0.5, 0.6) is 11.5 Å². The predicted octanol–water partition coefficient (Wildman–Crippen LogP) is 3.31. The fourth-order valence-electron chi connectivity index (χ4n) is 3.73. The zero-order valence-electron chi connectivity index (χ0n) is 18.1. The van der Waals surface area contributed by atoms with Crippen LogP contribution < -0.4 is 14.8 Å². The number of benzene rings is 2. The van der Waals surface area contributed by atoms with Gasteiger partial charge >= 0.3 is 0 Å². The zero-order valence-corrected chi connectivity index (χ0v) is 18.1. The third-order valence-corrected chi connectivity index (χ3v) is 5.35. The quantitative estimate of drug-likeness (QED) is 0.632. The van der Waals surface area contributed by atoms with E-state index in [0.29, 0.717) is 47.4 Å². The molecule has 1 N–H and O–H groups in total. The minimum atomic E-state index is -0.556. The Morgan fingerprint density at radius 2 is 1.78 bits per heavy atom. The van der Waals surface area contributed by atoms with Crippen LogP contribution in [0.25, 0.3) is 11.4 Å². The predicted molar refractivity (Wildman–Crippen MR) is 117 cm³/mol. The van der Waals surface area contributed by atoms with E-state index in [1.54, 1.807) is 68.5 Å². The highest BCUT2D eigenvalue weighted by molar-refractivity contribution is 6.01. The number of carbonyl (C=O) groups excluding carboxylic acids is 2. The van der Waals surface area contributed by atoms with Gasteiger partial charge in [-0.1, -0.05) is 17.3 Å². The van der Waals surface area contributed by atoms with Crippen molar-refractivity contribution in [1.29, 1.82) is 0 Å². The Hall–Kier alpha value is -3.88. The summed E-state index contributed by atoms with van der Waals surface area (Å²) in [5.74, 6) is 1.63. The second-order valence-corrected chi connectivity index (χ2v) is 7.46. The number of hydrogen-bond acceptors (Lipinski definition) is 7. The number of nitrogens with one attached hydrogen (secondary N) is 1. The van der Waals surface area contributed by atoms with E-state index < -0.39 is 6.04 Å². The van der Waals surface area contributed by atoms with Crippen molar-refractivity contribution in [3.63, 3.8) is 0 Å². The van der Waals surface area contributed by atoms with Gasteiger partial charge < -0.3 is 24.2 Å². The molecule has 2 amide bonds. The molecule has 0 saturated carbocycles. The first kappa shape index (κ1) is 21.4. The van der Waals surface area contributed by atoms with E-state index in [1.165, 1.54) is 0 Å². The van der Waals surface area contributed by atoms with Gasteiger partial charge in [0.1, 0.15) is 17.5 Å². The van der Waals surface area contributed by atoms with Crippen molar-refractivity contribution in [2.45, 2.75) is 25.8 Å². The third-order valence-electron chi connectivity index (χ3n) is 5.35. The van der Waals surface area contributed by atoms with Crippen molar-refractivity contribution in [2.75, 3.05) is 26.1 Å². The first-order valence-corrected chi connectivity index (χ1v) is 10.2. The van der Waals surface area contributed by atoms with Gasteiger partial charge in [0.2, 0.25) is 17.6 Å². The monoisotopic (exact) mass is 436 g/mol. The van der Waals surface area contributed by atoms with E-state index in [1.807, 2.05) is 0 Å². The highest BCUT2D eigenvalue weighted by atomic mass is 16.5. The van der Waals surface area contributed by atoms with Gasteiger partial charge in [-0.05, 0) is 25.0 Å². The molecule has 166 valence electrons. The first-order chi connectivity index (χ1) is 15.5. The molecular weight excluding hydrogens is 412 g/mol. The molecule has 1 atom stereocenters. The zero-order chi connectivity index (χ0) is 22.7. The van der Waals surface area contributed by atoms with E-state index in [9.17, 15) is 9.59 Å². The van der Waals surface area contributed by atoms with Gasteiger partial charge in [-0.25, -0.2) is 0 Å².